The zero-order valence-corrected chi connectivity index (χ0v) is 29.4. The van der Waals surface area contributed by atoms with E-state index in [1.165, 1.54) is 0 Å². The summed E-state index contributed by atoms with van der Waals surface area (Å²) in [6, 6.07) is 7.62. The molecule has 2 fully saturated rings. The van der Waals surface area contributed by atoms with Gasteiger partial charge in [-0.25, -0.2) is 8.51 Å². The number of benzene rings is 1. The van der Waals surface area contributed by atoms with Crippen molar-refractivity contribution in [2.24, 2.45) is 22.9 Å². The summed E-state index contributed by atoms with van der Waals surface area (Å²) in [6.07, 6.45) is 5.97. The number of hydrazone groups is 1. The summed E-state index contributed by atoms with van der Waals surface area (Å²) in [6.45, 7) is 5.08. The number of fused-ring (bicyclic) bond motifs is 1. The van der Waals surface area contributed by atoms with Crippen molar-refractivity contribution in [2.75, 3.05) is 52.9 Å². The second kappa shape index (κ2) is 17.1. The average Bonchev–Trinajstić information content (AvgIpc) is 3.42. The van der Waals surface area contributed by atoms with Crippen LogP contribution in [0, 0.1) is 29.1 Å². The van der Waals surface area contributed by atoms with Crippen LogP contribution in [0.2, 0.25) is 0 Å². The monoisotopic (exact) mass is 716 g/mol. The third kappa shape index (κ3) is 9.80. The number of rotatable bonds is 13. The molecule has 4 atom stereocenters. The maximum atomic E-state index is 13.5. The number of nitrogens with one attached hydrogen (secondary N) is 3. The van der Waals surface area contributed by atoms with Gasteiger partial charge in [0.2, 0.25) is 12.3 Å². The maximum Gasteiger partial charge on any atom is 0.407 e. The van der Waals surface area contributed by atoms with Crippen LogP contribution in [0.25, 0.3) is 0 Å². The summed E-state index contributed by atoms with van der Waals surface area (Å²) in [5, 5.41) is 23.3. The minimum atomic E-state index is -4.46. The van der Waals surface area contributed by atoms with E-state index in [9.17, 15) is 32.2 Å². The van der Waals surface area contributed by atoms with Crippen molar-refractivity contribution in [3.05, 3.63) is 53.1 Å². The molecule has 50 heavy (non-hydrogen) atoms. The lowest BCUT2D eigenvalue weighted by atomic mass is 9.82. The topological polar surface area (TPSA) is 133 Å². The first kappa shape index (κ1) is 37.7. The van der Waals surface area contributed by atoms with Crippen LogP contribution in [0.3, 0.4) is 0 Å². The Morgan fingerprint density at radius 1 is 1.18 bits per heavy atom. The lowest BCUT2D eigenvalue weighted by Crippen LogP contribution is -2.42. The van der Waals surface area contributed by atoms with Crippen molar-refractivity contribution >= 4 is 29.1 Å². The largest absolute Gasteiger partial charge is 0.407 e. The number of nitriles is 1. The number of nitrogens with zero attached hydrogens (tertiary/aromatic N) is 5. The number of alkyl halides is 3. The molecule has 15 heteroatoms. The Morgan fingerprint density at radius 2 is 1.92 bits per heavy atom. The van der Waals surface area contributed by atoms with Gasteiger partial charge in [-0.15, -0.1) is 0 Å². The molecule has 0 aromatic heterocycles. The highest BCUT2D eigenvalue weighted by molar-refractivity contribution is 7.82. The van der Waals surface area contributed by atoms with Crippen molar-refractivity contribution in [3.63, 3.8) is 0 Å². The van der Waals surface area contributed by atoms with E-state index >= 15 is 0 Å². The number of halogens is 3. The number of carbonyl (C=O) groups excluding carboxylic acids is 2. The van der Waals surface area contributed by atoms with E-state index in [0.29, 0.717) is 24.4 Å². The standard InChI is InChI=1S/C35H47F3N8O3S/c1-24(17-28-18-30(5-3-27(28)20-39)50(49)45-15-10-29(40-2)11-16-45)21-44-13-8-25(9-14-44)26-4-6-31-32(19-26)46(22-35(36,37)38)43-34(31)42-33(48)7-12-41-23-47/h3-6,18-19,23-25,29,31-32,40H,7-17,21-22H2,1-2H3,(H,41,47)(H,42,43,48). The van der Waals surface area contributed by atoms with E-state index in [-0.39, 0.29) is 30.6 Å². The van der Waals surface area contributed by atoms with E-state index in [0.717, 1.165) is 79.4 Å². The number of hydrogen-bond acceptors (Lipinski definition) is 8. The Kier molecular flexibility index (Phi) is 12.9. The molecule has 5 rings (SSSR count). The predicted molar refractivity (Wildman–Crippen MR) is 185 cm³/mol. The fraction of sp³-hybridized carbons (Fsp3) is 0.600. The molecule has 1 aromatic carbocycles. The number of amidine groups is 1. The van der Waals surface area contributed by atoms with Gasteiger partial charge in [-0.1, -0.05) is 25.2 Å². The number of carbonyl (C=O) groups is 2. The molecular formula is C35H47F3N8O3S. The Morgan fingerprint density at radius 3 is 2.58 bits per heavy atom. The van der Waals surface area contributed by atoms with Gasteiger partial charge in [0.1, 0.15) is 23.4 Å². The number of hydrogen-bond donors (Lipinski definition) is 3. The summed E-state index contributed by atoms with van der Waals surface area (Å²) in [7, 11) is 0.683. The van der Waals surface area contributed by atoms with Crippen LogP contribution in [-0.4, -0.2) is 108 Å². The molecule has 3 heterocycles. The lowest BCUT2D eigenvalue weighted by Gasteiger charge is -2.36. The van der Waals surface area contributed by atoms with Crippen LogP contribution in [0.4, 0.5) is 13.2 Å². The zero-order valence-electron chi connectivity index (χ0n) is 28.6. The fourth-order valence-electron chi connectivity index (χ4n) is 7.38. The molecule has 4 aliphatic rings. The Balaban J connectivity index is 1.15. The molecule has 3 aliphatic heterocycles. The molecule has 0 radical (unpaired) electrons. The van der Waals surface area contributed by atoms with Crippen molar-refractivity contribution in [1.82, 2.24) is 30.2 Å². The first-order valence-corrected chi connectivity index (χ1v) is 18.5. The third-order valence-electron chi connectivity index (χ3n) is 10.0. The zero-order chi connectivity index (χ0) is 35.8. The molecule has 0 spiro atoms. The van der Waals surface area contributed by atoms with Crippen LogP contribution >= 0.6 is 0 Å². The molecule has 2 amide bonds. The fourth-order valence-corrected chi connectivity index (χ4v) is 8.65. The molecule has 2 saturated heterocycles. The molecule has 0 bridgehead atoms. The number of piperidine rings is 2. The van der Waals surface area contributed by atoms with Crippen molar-refractivity contribution in [3.8, 4) is 6.07 Å². The molecule has 11 nitrogen and oxygen atoms in total. The van der Waals surface area contributed by atoms with Crippen molar-refractivity contribution < 1.29 is 27.0 Å². The van der Waals surface area contributed by atoms with Crippen LogP contribution < -0.4 is 16.0 Å². The van der Waals surface area contributed by atoms with Crippen LogP contribution in [0.1, 0.15) is 50.2 Å². The van der Waals surface area contributed by atoms with E-state index < -0.39 is 41.6 Å². The predicted octanol–water partition coefficient (Wildman–Crippen LogP) is 3.08. The van der Waals surface area contributed by atoms with Gasteiger partial charge in [0.05, 0.1) is 28.5 Å². The molecule has 272 valence electrons. The highest BCUT2D eigenvalue weighted by atomic mass is 32.2. The van der Waals surface area contributed by atoms with Gasteiger partial charge < -0.3 is 20.9 Å². The van der Waals surface area contributed by atoms with Gasteiger partial charge in [0, 0.05) is 38.6 Å². The van der Waals surface area contributed by atoms with E-state index in [4.69, 9.17) is 0 Å². The molecule has 0 saturated carbocycles. The average molecular weight is 717 g/mol. The van der Waals surface area contributed by atoms with Gasteiger partial charge in [-0.05, 0) is 93.4 Å². The molecule has 3 N–H and O–H groups in total. The third-order valence-corrected chi connectivity index (χ3v) is 11.5. The van der Waals surface area contributed by atoms with Crippen molar-refractivity contribution in [2.45, 2.75) is 68.6 Å². The highest BCUT2D eigenvalue weighted by Crippen LogP contribution is 2.36. The molecule has 4 unspecified atom stereocenters. The van der Waals surface area contributed by atoms with E-state index in [1.54, 1.807) is 12.1 Å². The summed E-state index contributed by atoms with van der Waals surface area (Å²) >= 11 is 0. The Bertz CT molecular complexity index is 1530. The van der Waals surface area contributed by atoms with Gasteiger partial charge in [-0.3, -0.25) is 14.6 Å². The smallest absolute Gasteiger partial charge is 0.358 e. The highest BCUT2D eigenvalue weighted by Gasteiger charge is 2.43. The summed E-state index contributed by atoms with van der Waals surface area (Å²) in [5.41, 5.74) is 2.50. The van der Waals surface area contributed by atoms with Crippen molar-refractivity contribution in [1.29, 1.82) is 5.26 Å². The maximum absolute atomic E-state index is 13.5. The normalized spacial score (nSPS) is 23.4. The lowest BCUT2D eigenvalue weighted by molar-refractivity contribution is -0.148. The minimum Gasteiger partial charge on any atom is -0.358 e. The van der Waals surface area contributed by atoms with E-state index in [2.05, 4.69) is 38.9 Å². The van der Waals surface area contributed by atoms with Gasteiger partial charge in [0.25, 0.3) is 0 Å². The first-order valence-electron chi connectivity index (χ1n) is 17.4. The summed E-state index contributed by atoms with van der Waals surface area (Å²) in [5.74, 6) is -0.323. The quantitative estimate of drug-likeness (QED) is 0.211. The SMILES string of the molecule is CNC1CCN(S(=O)c2ccc(C#N)c(CC(C)CN3CCC(C4=CC5C(C=C4)C(NC(=O)CCNC=O)=NN5CC(F)(F)F)CC3)c2)CC1. The van der Waals surface area contributed by atoms with Gasteiger partial charge >= 0.3 is 6.18 Å². The number of likely N-dealkylation sites (tertiary alicyclic amines) is 1. The van der Waals surface area contributed by atoms with Crippen LogP contribution in [0.5, 0.6) is 0 Å². The Hall–Kier alpha value is -3.58. The second-order valence-electron chi connectivity index (χ2n) is 13.7. The van der Waals surface area contributed by atoms with Crippen LogP contribution in [-0.2, 0) is 27.0 Å². The van der Waals surface area contributed by atoms with Gasteiger partial charge in [0.15, 0.2) is 0 Å². The van der Waals surface area contributed by atoms with Gasteiger partial charge in [-0.2, -0.15) is 23.5 Å². The Labute approximate surface area is 294 Å². The van der Waals surface area contributed by atoms with Crippen LogP contribution in [0.15, 0.2) is 52.0 Å². The number of allylic oxidation sites excluding steroid dienone is 2. The first-order chi connectivity index (χ1) is 24.0. The molecule has 1 aromatic rings. The number of amides is 2. The summed E-state index contributed by atoms with van der Waals surface area (Å²) in [4.78, 5) is 26.0. The van der Waals surface area contributed by atoms with E-state index in [1.807, 2.05) is 35.6 Å². The molecular weight excluding hydrogens is 669 g/mol. The molecule has 1 aliphatic carbocycles. The summed E-state index contributed by atoms with van der Waals surface area (Å²) < 4.78 is 55.8. The second-order valence-corrected chi connectivity index (χ2v) is 15.2. The minimum absolute atomic E-state index is 0.0142.